The van der Waals surface area contributed by atoms with Gasteiger partial charge in [-0.05, 0) is 38.9 Å². The van der Waals surface area contributed by atoms with Crippen LogP contribution in [0.2, 0.25) is 5.02 Å². The fraction of sp³-hybridized carbons (Fsp3) is 0.400. The maximum absolute atomic E-state index is 14.2. The van der Waals surface area contributed by atoms with Crippen molar-refractivity contribution in [3.05, 3.63) is 46.5 Å². The first-order valence-electron chi connectivity index (χ1n) is 6.78. The number of aryl methyl sites for hydroxylation is 1. The minimum atomic E-state index is -0.233. The molecule has 1 N–H and O–H groups in total. The van der Waals surface area contributed by atoms with Crippen LogP contribution in [0.3, 0.4) is 0 Å². The molecule has 3 nitrogen and oxygen atoms in total. The van der Waals surface area contributed by atoms with E-state index < -0.39 is 0 Å². The molecule has 0 fully saturated rings. The zero-order valence-electron chi connectivity index (χ0n) is 12.0. The summed E-state index contributed by atoms with van der Waals surface area (Å²) in [6, 6.07) is 4.92. The van der Waals surface area contributed by atoms with Crippen LogP contribution in [0.15, 0.2) is 24.4 Å². The minimum absolute atomic E-state index is 0.0885. The highest BCUT2D eigenvalue weighted by atomic mass is 35.5. The van der Waals surface area contributed by atoms with Crippen molar-refractivity contribution in [3.63, 3.8) is 0 Å². The van der Waals surface area contributed by atoms with Crippen molar-refractivity contribution in [1.82, 2.24) is 15.1 Å². The summed E-state index contributed by atoms with van der Waals surface area (Å²) in [5, 5.41) is 8.22. The first-order valence-corrected chi connectivity index (χ1v) is 7.16. The number of nitrogens with zero attached hydrogens (tertiary/aromatic N) is 2. The van der Waals surface area contributed by atoms with E-state index in [4.69, 9.17) is 11.6 Å². The summed E-state index contributed by atoms with van der Waals surface area (Å²) in [6.07, 6.45) is 2.71. The minimum Gasteiger partial charge on any atom is -0.310 e. The maximum atomic E-state index is 14.2. The molecule has 0 spiro atoms. The molecule has 5 heteroatoms. The van der Waals surface area contributed by atoms with Crippen LogP contribution in [0.1, 0.15) is 37.6 Å². The van der Waals surface area contributed by atoms with Crippen molar-refractivity contribution in [1.29, 1.82) is 0 Å². The van der Waals surface area contributed by atoms with Gasteiger partial charge in [-0.3, -0.25) is 0 Å². The van der Waals surface area contributed by atoms with Gasteiger partial charge < -0.3 is 5.32 Å². The van der Waals surface area contributed by atoms with Gasteiger partial charge in [0.2, 0.25) is 0 Å². The Morgan fingerprint density at radius 3 is 2.80 bits per heavy atom. The number of rotatable bonds is 5. The lowest BCUT2D eigenvalue weighted by atomic mass is 10.1. The molecule has 1 unspecified atom stereocenters. The average molecular weight is 296 g/mol. The van der Waals surface area contributed by atoms with Crippen molar-refractivity contribution >= 4 is 11.6 Å². The molecule has 108 valence electrons. The fourth-order valence-electron chi connectivity index (χ4n) is 2.18. The van der Waals surface area contributed by atoms with E-state index in [0.29, 0.717) is 10.6 Å². The Kier molecular flexibility index (Phi) is 4.78. The Balaban J connectivity index is 2.45. The zero-order valence-corrected chi connectivity index (χ0v) is 12.7. The molecule has 1 aromatic heterocycles. The zero-order chi connectivity index (χ0) is 14.7. The highest BCUT2D eigenvalue weighted by Gasteiger charge is 2.17. The molecule has 2 aromatic rings. The van der Waals surface area contributed by atoms with E-state index in [9.17, 15) is 4.39 Å². The summed E-state index contributed by atoms with van der Waals surface area (Å²) in [7, 11) is 0. The lowest BCUT2D eigenvalue weighted by Gasteiger charge is -2.18. The third-order valence-electron chi connectivity index (χ3n) is 3.25. The summed E-state index contributed by atoms with van der Waals surface area (Å²) < 4.78 is 15.8. The third-order valence-corrected chi connectivity index (χ3v) is 3.62. The van der Waals surface area contributed by atoms with Crippen LogP contribution in [0.5, 0.6) is 0 Å². The van der Waals surface area contributed by atoms with Gasteiger partial charge in [0.25, 0.3) is 0 Å². The van der Waals surface area contributed by atoms with E-state index in [-0.39, 0.29) is 11.9 Å². The van der Waals surface area contributed by atoms with E-state index in [1.807, 2.05) is 19.9 Å². The highest BCUT2D eigenvalue weighted by Crippen LogP contribution is 2.26. The van der Waals surface area contributed by atoms with E-state index >= 15 is 0 Å². The van der Waals surface area contributed by atoms with E-state index in [1.165, 1.54) is 6.07 Å². The third kappa shape index (κ3) is 3.02. The van der Waals surface area contributed by atoms with Crippen molar-refractivity contribution < 1.29 is 4.39 Å². The molecule has 1 heterocycles. The predicted octanol–water partition coefficient (Wildman–Crippen LogP) is 4.03. The summed E-state index contributed by atoms with van der Waals surface area (Å²) in [5.41, 5.74) is 2.06. The Morgan fingerprint density at radius 2 is 2.20 bits per heavy atom. The summed E-state index contributed by atoms with van der Waals surface area (Å²) >= 11 is 6.04. The van der Waals surface area contributed by atoms with Crippen LogP contribution in [0.25, 0.3) is 5.69 Å². The molecular formula is C15H19ClFN3. The summed E-state index contributed by atoms with van der Waals surface area (Å²) in [4.78, 5) is 0. The van der Waals surface area contributed by atoms with Crippen molar-refractivity contribution in [2.24, 2.45) is 0 Å². The molecule has 0 saturated carbocycles. The SMILES string of the molecule is CCCNC(C)c1c(F)cccc1-n1cc(Cl)c(C)n1. The van der Waals surface area contributed by atoms with Gasteiger partial charge in [-0.2, -0.15) is 5.10 Å². The molecule has 0 aliphatic heterocycles. The molecule has 0 bridgehead atoms. The van der Waals surface area contributed by atoms with Gasteiger partial charge >= 0.3 is 0 Å². The number of nitrogens with one attached hydrogen (secondary N) is 1. The van der Waals surface area contributed by atoms with Crippen molar-refractivity contribution in [2.75, 3.05) is 6.54 Å². The van der Waals surface area contributed by atoms with E-state index in [2.05, 4.69) is 17.3 Å². The smallest absolute Gasteiger partial charge is 0.130 e. The molecule has 0 radical (unpaired) electrons. The van der Waals surface area contributed by atoms with Gasteiger partial charge in [-0.25, -0.2) is 9.07 Å². The van der Waals surface area contributed by atoms with Gasteiger partial charge in [0.1, 0.15) is 5.82 Å². The molecule has 0 amide bonds. The molecule has 1 atom stereocenters. The monoisotopic (exact) mass is 295 g/mol. The summed E-state index contributed by atoms with van der Waals surface area (Å²) in [6.45, 7) is 6.71. The molecular weight excluding hydrogens is 277 g/mol. The average Bonchev–Trinajstić information content (AvgIpc) is 2.75. The Bertz CT molecular complexity index is 575. The van der Waals surface area contributed by atoms with Crippen LogP contribution in [-0.2, 0) is 0 Å². The number of halogens is 2. The lowest BCUT2D eigenvalue weighted by Crippen LogP contribution is -2.22. The van der Waals surface area contributed by atoms with Crippen LogP contribution in [-0.4, -0.2) is 16.3 Å². The van der Waals surface area contributed by atoms with E-state index in [0.717, 1.165) is 24.3 Å². The van der Waals surface area contributed by atoms with Crippen molar-refractivity contribution in [3.8, 4) is 5.69 Å². The van der Waals surface area contributed by atoms with Gasteiger partial charge in [0.15, 0.2) is 0 Å². The molecule has 1 aromatic carbocycles. The second-order valence-corrected chi connectivity index (χ2v) is 5.26. The van der Waals surface area contributed by atoms with Crippen LogP contribution < -0.4 is 5.32 Å². The normalized spacial score (nSPS) is 12.7. The lowest BCUT2D eigenvalue weighted by molar-refractivity contribution is 0.523. The van der Waals surface area contributed by atoms with Crippen LogP contribution >= 0.6 is 11.6 Å². The van der Waals surface area contributed by atoms with Gasteiger partial charge in [0, 0.05) is 17.8 Å². The standard InChI is InChI=1S/C15H19ClFN3/c1-4-8-18-11(3)15-13(17)6-5-7-14(15)20-9-12(16)10(2)19-20/h5-7,9,11,18H,4,8H2,1-3H3. The number of hydrogen-bond acceptors (Lipinski definition) is 2. The molecule has 20 heavy (non-hydrogen) atoms. The maximum Gasteiger partial charge on any atom is 0.130 e. The Labute approximate surface area is 123 Å². The quantitative estimate of drug-likeness (QED) is 0.902. The molecule has 0 aliphatic carbocycles. The number of hydrogen-bond donors (Lipinski definition) is 1. The van der Waals surface area contributed by atoms with Gasteiger partial charge in [0.05, 0.1) is 16.4 Å². The van der Waals surface area contributed by atoms with E-state index in [1.54, 1.807) is 16.9 Å². The van der Waals surface area contributed by atoms with Crippen LogP contribution in [0, 0.1) is 12.7 Å². The Morgan fingerprint density at radius 1 is 1.45 bits per heavy atom. The Hall–Kier alpha value is -1.39. The first-order chi connectivity index (χ1) is 9.54. The molecule has 0 aliphatic rings. The van der Waals surface area contributed by atoms with Crippen LogP contribution in [0.4, 0.5) is 4.39 Å². The van der Waals surface area contributed by atoms with Gasteiger partial charge in [-0.1, -0.05) is 24.6 Å². The van der Waals surface area contributed by atoms with Crippen molar-refractivity contribution in [2.45, 2.75) is 33.2 Å². The predicted molar refractivity (Wildman–Crippen MR) is 80.0 cm³/mol. The second kappa shape index (κ2) is 6.37. The number of benzene rings is 1. The van der Waals surface area contributed by atoms with Gasteiger partial charge in [-0.15, -0.1) is 0 Å². The highest BCUT2D eigenvalue weighted by molar-refractivity contribution is 6.31. The summed E-state index contributed by atoms with van der Waals surface area (Å²) in [5.74, 6) is -0.233. The molecule has 0 saturated heterocycles. The topological polar surface area (TPSA) is 29.9 Å². The number of aromatic nitrogens is 2. The first kappa shape index (κ1) is 15.0. The molecule has 2 rings (SSSR count). The largest absolute Gasteiger partial charge is 0.310 e. The fourth-order valence-corrected chi connectivity index (χ4v) is 2.31. The second-order valence-electron chi connectivity index (χ2n) is 4.86.